The van der Waals surface area contributed by atoms with Gasteiger partial charge in [-0.05, 0) is 54.8 Å². The van der Waals surface area contributed by atoms with Crippen molar-refractivity contribution in [2.24, 2.45) is 0 Å². The molecule has 29 heavy (non-hydrogen) atoms. The summed E-state index contributed by atoms with van der Waals surface area (Å²) in [6.07, 6.45) is 0. The number of thioether (sulfide) groups is 1. The Morgan fingerprint density at radius 1 is 1.21 bits per heavy atom. The van der Waals surface area contributed by atoms with E-state index in [1.54, 1.807) is 13.2 Å². The van der Waals surface area contributed by atoms with Crippen LogP contribution in [-0.2, 0) is 5.75 Å². The third-order valence-electron chi connectivity index (χ3n) is 4.66. The number of hydrogen-bond acceptors (Lipinski definition) is 5. The molecule has 0 atom stereocenters. The van der Waals surface area contributed by atoms with E-state index in [-0.39, 0.29) is 11.4 Å². The van der Waals surface area contributed by atoms with Gasteiger partial charge >= 0.3 is 0 Å². The zero-order valence-electron chi connectivity index (χ0n) is 16.2. The normalized spacial score (nSPS) is 11.2. The maximum Gasteiger partial charge on any atom is 0.260 e. The lowest BCUT2D eigenvalue weighted by Crippen LogP contribution is -2.08. The largest absolute Gasteiger partial charge is 0.496 e. The van der Waals surface area contributed by atoms with E-state index in [0.717, 1.165) is 32.9 Å². The van der Waals surface area contributed by atoms with Gasteiger partial charge in [-0.3, -0.25) is 4.79 Å². The summed E-state index contributed by atoms with van der Waals surface area (Å²) in [7, 11) is 1.64. The molecule has 0 saturated carbocycles. The molecule has 0 bridgehead atoms. The number of halogens is 1. The highest BCUT2D eigenvalue weighted by Gasteiger charge is 2.17. The number of benzene rings is 2. The van der Waals surface area contributed by atoms with Crippen molar-refractivity contribution in [2.75, 3.05) is 7.11 Å². The maximum atomic E-state index is 13.4. The SMILES string of the molecule is COc1ccc(-c2c(C)sc3nc(SCc4cccc(F)c4)[nH]c(=O)c23)cc1C. The average molecular weight is 427 g/mol. The number of hydrogen-bond donors (Lipinski definition) is 1. The first-order valence-corrected chi connectivity index (χ1v) is 10.8. The van der Waals surface area contributed by atoms with Crippen molar-refractivity contribution in [1.29, 1.82) is 0 Å². The van der Waals surface area contributed by atoms with Crippen LogP contribution in [0.4, 0.5) is 4.39 Å². The van der Waals surface area contributed by atoms with Gasteiger partial charge in [0.15, 0.2) is 5.16 Å². The third kappa shape index (κ3) is 3.93. The molecule has 0 aliphatic heterocycles. The number of aromatic amines is 1. The molecule has 0 saturated heterocycles. The number of H-pyrrole nitrogens is 1. The lowest BCUT2D eigenvalue weighted by molar-refractivity contribution is 0.412. The van der Waals surface area contributed by atoms with Crippen LogP contribution in [-0.4, -0.2) is 17.1 Å². The van der Waals surface area contributed by atoms with E-state index in [1.807, 2.05) is 38.1 Å². The van der Waals surface area contributed by atoms with E-state index < -0.39 is 0 Å². The number of ether oxygens (including phenoxy) is 1. The quantitative estimate of drug-likeness (QED) is 0.328. The smallest absolute Gasteiger partial charge is 0.260 e. The Morgan fingerprint density at radius 2 is 2.03 bits per heavy atom. The summed E-state index contributed by atoms with van der Waals surface area (Å²) in [6.45, 7) is 3.98. The second kappa shape index (κ2) is 8.00. The fourth-order valence-corrected chi connectivity index (χ4v) is 5.23. The van der Waals surface area contributed by atoms with Gasteiger partial charge in [-0.25, -0.2) is 9.37 Å². The van der Waals surface area contributed by atoms with E-state index in [0.29, 0.717) is 21.1 Å². The van der Waals surface area contributed by atoms with Gasteiger partial charge < -0.3 is 9.72 Å². The summed E-state index contributed by atoms with van der Waals surface area (Å²) in [5.74, 6) is 1.07. The fraction of sp³-hybridized carbons (Fsp3) is 0.182. The number of nitrogens with zero attached hydrogens (tertiary/aromatic N) is 1. The van der Waals surface area contributed by atoms with Crippen LogP contribution in [0.25, 0.3) is 21.3 Å². The first-order valence-electron chi connectivity index (χ1n) is 9.02. The van der Waals surface area contributed by atoms with Gasteiger partial charge in [-0.15, -0.1) is 11.3 Å². The monoisotopic (exact) mass is 426 g/mol. The van der Waals surface area contributed by atoms with Crippen molar-refractivity contribution in [2.45, 2.75) is 24.8 Å². The first kappa shape index (κ1) is 19.7. The van der Waals surface area contributed by atoms with Crippen LogP contribution in [0.1, 0.15) is 16.0 Å². The lowest BCUT2D eigenvalue weighted by Gasteiger charge is -2.08. The number of methoxy groups -OCH3 is 1. The summed E-state index contributed by atoms with van der Waals surface area (Å²) < 4.78 is 18.7. The van der Waals surface area contributed by atoms with Crippen LogP contribution in [0.15, 0.2) is 52.4 Å². The topological polar surface area (TPSA) is 55.0 Å². The van der Waals surface area contributed by atoms with E-state index in [1.165, 1.54) is 35.2 Å². The van der Waals surface area contributed by atoms with Crippen molar-refractivity contribution < 1.29 is 9.13 Å². The summed E-state index contributed by atoms with van der Waals surface area (Å²) in [5.41, 5.74) is 3.57. The molecule has 0 spiro atoms. The van der Waals surface area contributed by atoms with Crippen molar-refractivity contribution in [1.82, 2.24) is 9.97 Å². The molecule has 1 N–H and O–H groups in total. The summed E-state index contributed by atoms with van der Waals surface area (Å²) in [4.78, 5) is 22.2. The highest BCUT2D eigenvalue weighted by Crippen LogP contribution is 2.37. The van der Waals surface area contributed by atoms with E-state index in [2.05, 4.69) is 9.97 Å². The molecule has 0 radical (unpaired) electrons. The van der Waals surface area contributed by atoms with Gasteiger partial charge in [0.2, 0.25) is 0 Å². The number of rotatable bonds is 5. The van der Waals surface area contributed by atoms with Crippen LogP contribution in [0.2, 0.25) is 0 Å². The van der Waals surface area contributed by atoms with E-state index >= 15 is 0 Å². The highest BCUT2D eigenvalue weighted by molar-refractivity contribution is 7.98. The molecule has 2 aromatic carbocycles. The second-order valence-corrected chi connectivity index (χ2v) is 8.85. The standard InChI is InChI=1S/C22H19FN2O2S2/c1-12-9-15(7-8-17(12)27-3)18-13(2)29-21-19(18)20(26)24-22(25-21)28-11-14-5-4-6-16(23)10-14/h4-10H,11H2,1-3H3,(H,24,25,26). The molecule has 4 nitrogen and oxygen atoms in total. The molecule has 2 aromatic heterocycles. The Kier molecular flexibility index (Phi) is 5.43. The summed E-state index contributed by atoms with van der Waals surface area (Å²) in [6, 6.07) is 12.3. The van der Waals surface area contributed by atoms with Crippen molar-refractivity contribution >= 4 is 33.3 Å². The minimum Gasteiger partial charge on any atom is -0.496 e. The van der Waals surface area contributed by atoms with Crippen LogP contribution in [0, 0.1) is 19.7 Å². The van der Waals surface area contributed by atoms with E-state index in [4.69, 9.17) is 4.74 Å². The molecule has 0 unspecified atom stereocenters. The van der Waals surface area contributed by atoms with Crippen molar-refractivity contribution in [3.63, 3.8) is 0 Å². The van der Waals surface area contributed by atoms with Crippen LogP contribution in [0.5, 0.6) is 5.75 Å². The molecule has 7 heteroatoms. The molecule has 2 heterocycles. The Morgan fingerprint density at radius 3 is 2.76 bits per heavy atom. The molecule has 0 aliphatic carbocycles. The predicted molar refractivity (Wildman–Crippen MR) is 118 cm³/mol. The maximum absolute atomic E-state index is 13.4. The number of aryl methyl sites for hydroxylation is 2. The molecule has 0 fully saturated rings. The van der Waals surface area contributed by atoms with Crippen molar-refractivity contribution in [3.8, 4) is 16.9 Å². The second-order valence-electron chi connectivity index (χ2n) is 6.69. The van der Waals surface area contributed by atoms with E-state index in [9.17, 15) is 9.18 Å². The number of nitrogens with one attached hydrogen (secondary N) is 1. The Labute approximate surface area is 175 Å². The number of aromatic nitrogens is 2. The first-order chi connectivity index (χ1) is 14.0. The van der Waals surface area contributed by atoms with Crippen LogP contribution in [0.3, 0.4) is 0 Å². The van der Waals surface area contributed by atoms with Crippen molar-refractivity contribution in [3.05, 3.63) is 74.6 Å². The molecule has 0 aliphatic rings. The van der Waals surface area contributed by atoms with Gasteiger partial charge in [-0.2, -0.15) is 0 Å². The Balaban J connectivity index is 1.71. The zero-order valence-corrected chi connectivity index (χ0v) is 17.8. The van der Waals surface area contributed by atoms with Gasteiger partial charge in [0.05, 0.1) is 12.5 Å². The molecular formula is C22H19FN2O2S2. The average Bonchev–Trinajstić information content (AvgIpc) is 3.02. The highest BCUT2D eigenvalue weighted by atomic mass is 32.2. The Bertz CT molecular complexity index is 1260. The molecule has 0 amide bonds. The number of fused-ring (bicyclic) bond motifs is 1. The van der Waals surface area contributed by atoms with Crippen LogP contribution >= 0.6 is 23.1 Å². The minimum atomic E-state index is -0.270. The van der Waals surface area contributed by atoms with Crippen LogP contribution < -0.4 is 10.3 Å². The molecule has 4 aromatic rings. The predicted octanol–water partition coefficient (Wildman–Crippen LogP) is 5.71. The zero-order chi connectivity index (χ0) is 20.5. The summed E-state index contributed by atoms with van der Waals surface area (Å²) >= 11 is 2.89. The van der Waals surface area contributed by atoms with Gasteiger partial charge in [0, 0.05) is 16.2 Å². The van der Waals surface area contributed by atoms with Gasteiger partial charge in [0.25, 0.3) is 5.56 Å². The summed E-state index contributed by atoms with van der Waals surface area (Å²) in [5, 5.41) is 1.14. The minimum absolute atomic E-state index is 0.162. The Hall–Kier alpha value is -2.64. The van der Waals surface area contributed by atoms with Gasteiger partial charge in [0.1, 0.15) is 16.4 Å². The lowest BCUT2D eigenvalue weighted by atomic mass is 10.0. The molecule has 4 rings (SSSR count). The fourth-order valence-electron chi connectivity index (χ4n) is 3.33. The number of thiophene rings is 1. The molecule has 148 valence electrons. The third-order valence-corrected chi connectivity index (χ3v) is 6.61. The van der Waals surface area contributed by atoms with Gasteiger partial charge in [-0.1, -0.05) is 30.0 Å². The molecular weight excluding hydrogens is 407 g/mol.